The standard InChI is InChI=1S/C16H18ClFN2O2/c1-19(9-16(18)7-2-3-8-16)10-20-12-6-4-5-11(17)13(12)14(21)15(20)22/h4-6H,2-3,7-10H2,1H3. The Bertz CT molecular complexity index is 629. The van der Waals surface area contributed by atoms with Gasteiger partial charge < -0.3 is 0 Å². The Morgan fingerprint density at radius 1 is 1.32 bits per heavy atom. The first-order valence-electron chi connectivity index (χ1n) is 7.43. The van der Waals surface area contributed by atoms with Crippen LogP contribution in [0, 0.1) is 0 Å². The lowest BCUT2D eigenvalue weighted by Gasteiger charge is -2.29. The minimum absolute atomic E-state index is 0.184. The summed E-state index contributed by atoms with van der Waals surface area (Å²) in [5, 5.41) is 0.277. The molecule has 0 radical (unpaired) electrons. The van der Waals surface area contributed by atoms with Crippen molar-refractivity contribution >= 4 is 29.0 Å². The van der Waals surface area contributed by atoms with Gasteiger partial charge in [0.25, 0.3) is 5.78 Å². The predicted octanol–water partition coefficient (Wildman–Crippen LogP) is 3.04. The molecule has 118 valence electrons. The zero-order valence-electron chi connectivity index (χ0n) is 12.4. The topological polar surface area (TPSA) is 40.6 Å². The van der Waals surface area contributed by atoms with Crippen molar-refractivity contribution in [1.29, 1.82) is 0 Å². The van der Waals surface area contributed by atoms with Crippen molar-refractivity contribution in [1.82, 2.24) is 4.90 Å². The third-order valence-electron chi connectivity index (χ3n) is 4.38. The summed E-state index contributed by atoms with van der Waals surface area (Å²) in [6, 6.07) is 4.99. The van der Waals surface area contributed by atoms with Gasteiger partial charge in [-0.3, -0.25) is 19.4 Å². The molecule has 1 aliphatic carbocycles. The summed E-state index contributed by atoms with van der Waals surface area (Å²) >= 11 is 6.02. The Labute approximate surface area is 133 Å². The van der Waals surface area contributed by atoms with Crippen molar-refractivity contribution in [3.8, 4) is 0 Å². The number of rotatable bonds is 4. The first kappa shape index (κ1) is 15.4. The van der Waals surface area contributed by atoms with Crippen molar-refractivity contribution < 1.29 is 14.0 Å². The first-order valence-corrected chi connectivity index (χ1v) is 7.81. The number of alkyl halides is 1. The Balaban J connectivity index is 1.77. The molecule has 1 saturated carbocycles. The fourth-order valence-electron chi connectivity index (χ4n) is 3.38. The van der Waals surface area contributed by atoms with Crippen LogP contribution in [-0.4, -0.2) is 42.5 Å². The predicted molar refractivity (Wildman–Crippen MR) is 83.1 cm³/mol. The molecule has 0 spiro atoms. The van der Waals surface area contributed by atoms with Crippen molar-refractivity contribution in [2.45, 2.75) is 31.4 Å². The van der Waals surface area contributed by atoms with Crippen LogP contribution < -0.4 is 4.90 Å². The summed E-state index contributed by atoms with van der Waals surface area (Å²) in [6.07, 6.45) is 2.94. The summed E-state index contributed by atoms with van der Waals surface area (Å²) in [5.74, 6) is -1.20. The van der Waals surface area contributed by atoms with Crippen LogP contribution in [0.4, 0.5) is 10.1 Å². The van der Waals surface area contributed by atoms with Crippen LogP contribution in [0.5, 0.6) is 0 Å². The highest BCUT2D eigenvalue weighted by atomic mass is 35.5. The molecule has 1 aromatic carbocycles. The van der Waals surface area contributed by atoms with E-state index >= 15 is 0 Å². The second-order valence-electron chi connectivity index (χ2n) is 6.21. The molecule has 1 aliphatic heterocycles. The zero-order valence-corrected chi connectivity index (χ0v) is 13.2. The summed E-state index contributed by atoms with van der Waals surface area (Å²) in [7, 11) is 1.76. The van der Waals surface area contributed by atoms with Gasteiger partial charge in [0.1, 0.15) is 5.67 Å². The maximum absolute atomic E-state index is 14.5. The van der Waals surface area contributed by atoms with Crippen LogP contribution >= 0.6 is 11.6 Å². The van der Waals surface area contributed by atoms with Crippen molar-refractivity contribution in [2.75, 3.05) is 25.2 Å². The molecule has 1 amide bonds. The number of carbonyl (C=O) groups excluding carboxylic acids is 2. The van der Waals surface area contributed by atoms with Crippen LogP contribution in [0.25, 0.3) is 0 Å². The highest BCUT2D eigenvalue weighted by Gasteiger charge is 2.39. The quantitative estimate of drug-likeness (QED) is 0.799. The number of halogens is 2. The molecule has 2 aliphatic rings. The number of fused-ring (bicyclic) bond motifs is 1. The second-order valence-corrected chi connectivity index (χ2v) is 6.62. The van der Waals surface area contributed by atoms with Crippen molar-refractivity contribution in [3.05, 3.63) is 28.8 Å². The fourth-order valence-corrected chi connectivity index (χ4v) is 3.64. The third kappa shape index (κ3) is 2.63. The molecule has 4 nitrogen and oxygen atoms in total. The summed E-state index contributed by atoms with van der Waals surface area (Å²) in [6.45, 7) is 0.449. The average Bonchev–Trinajstić information content (AvgIpc) is 2.98. The number of amides is 1. The van der Waals surface area contributed by atoms with Gasteiger partial charge in [-0.25, -0.2) is 4.39 Å². The summed E-state index contributed by atoms with van der Waals surface area (Å²) in [4.78, 5) is 27.3. The minimum Gasteiger partial charge on any atom is -0.291 e. The maximum Gasteiger partial charge on any atom is 0.300 e. The number of benzene rings is 1. The van der Waals surface area contributed by atoms with Gasteiger partial charge in [0.2, 0.25) is 0 Å². The van der Waals surface area contributed by atoms with Gasteiger partial charge in [0.15, 0.2) is 0 Å². The van der Waals surface area contributed by atoms with Gasteiger partial charge >= 0.3 is 5.91 Å². The van der Waals surface area contributed by atoms with Crippen LogP contribution in [0.2, 0.25) is 5.02 Å². The number of carbonyl (C=O) groups is 2. The zero-order chi connectivity index (χ0) is 15.9. The Kier molecular flexibility index (Phi) is 3.95. The Hall–Kier alpha value is -1.46. The SMILES string of the molecule is CN(CN1C(=O)C(=O)c2c(Cl)cccc21)CC1(F)CCCC1. The van der Waals surface area contributed by atoms with Gasteiger partial charge in [-0.05, 0) is 32.0 Å². The second kappa shape index (κ2) is 5.63. The van der Waals surface area contributed by atoms with Crippen molar-refractivity contribution in [3.63, 3.8) is 0 Å². The number of anilines is 1. The largest absolute Gasteiger partial charge is 0.300 e. The number of nitrogens with zero attached hydrogens (tertiary/aromatic N) is 2. The van der Waals surface area contributed by atoms with Gasteiger partial charge in [-0.2, -0.15) is 0 Å². The molecule has 0 aromatic heterocycles. The smallest absolute Gasteiger partial charge is 0.291 e. The molecule has 3 rings (SSSR count). The van der Waals surface area contributed by atoms with E-state index in [-0.39, 0.29) is 23.8 Å². The van der Waals surface area contributed by atoms with Crippen LogP contribution in [0.15, 0.2) is 18.2 Å². The van der Waals surface area contributed by atoms with E-state index < -0.39 is 17.4 Å². The van der Waals surface area contributed by atoms with Gasteiger partial charge in [-0.1, -0.05) is 30.5 Å². The Morgan fingerprint density at radius 2 is 2.00 bits per heavy atom. The molecule has 1 heterocycles. The third-order valence-corrected chi connectivity index (χ3v) is 4.70. The van der Waals surface area contributed by atoms with E-state index in [1.54, 1.807) is 30.1 Å². The molecule has 1 fully saturated rings. The minimum atomic E-state index is -1.18. The molecular weight excluding hydrogens is 307 g/mol. The molecule has 0 bridgehead atoms. The van der Waals surface area contributed by atoms with E-state index in [9.17, 15) is 14.0 Å². The van der Waals surface area contributed by atoms with Crippen LogP contribution in [0.1, 0.15) is 36.0 Å². The van der Waals surface area contributed by atoms with E-state index in [0.717, 1.165) is 12.8 Å². The summed E-state index contributed by atoms with van der Waals surface area (Å²) in [5.41, 5.74) is -0.425. The monoisotopic (exact) mass is 324 g/mol. The number of hydrogen-bond acceptors (Lipinski definition) is 3. The number of Topliss-reactive ketones (excluding diaryl/α,β-unsaturated/α-hetero) is 1. The normalized spacial score (nSPS) is 20.1. The van der Waals surface area contributed by atoms with E-state index in [4.69, 9.17) is 11.6 Å². The fraction of sp³-hybridized carbons (Fsp3) is 0.500. The van der Waals surface area contributed by atoms with E-state index in [1.807, 2.05) is 0 Å². The molecule has 0 N–H and O–H groups in total. The highest BCUT2D eigenvalue weighted by molar-refractivity contribution is 6.55. The highest BCUT2D eigenvalue weighted by Crippen LogP contribution is 2.36. The maximum atomic E-state index is 14.5. The average molecular weight is 325 g/mol. The molecule has 0 unspecified atom stereocenters. The van der Waals surface area contributed by atoms with E-state index in [1.165, 1.54) is 4.90 Å². The Morgan fingerprint density at radius 3 is 2.68 bits per heavy atom. The van der Waals surface area contributed by atoms with E-state index in [0.29, 0.717) is 18.5 Å². The van der Waals surface area contributed by atoms with Gasteiger partial charge in [-0.15, -0.1) is 0 Å². The molecule has 22 heavy (non-hydrogen) atoms. The molecule has 0 atom stereocenters. The molecule has 0 saturated heterocycles. The van der Waals surface area contributed by atoms with Gasteiger partial charge in [0.05, 0.1) is 22.9 Å². The lowest BCUT2D eigenvalue weighted by Crippen LogP contribution is -2.44. The lowest BCUT2D eigenvalue weighted by molar-refractivity contribution is -0.114. The van der Waals surface area contributed by atoms with Crippen LogP contribution in [0.3, 0.4) is 0 Å². The van der Waals surface area contributed by atoms with E-state index in [2.05, 4.69) is 0 Å². The summed E-state index contributed by atoms with van der Waals surface area (Å²) < 4.78 is 14.5. The van der Waals surface area contributed by atoms with Crippen molar-refractivity contribution in [2.24, 2.45) is 0 Å². The van der Waals surface area contributed by atoms with Gasteiger partial charge in [0, 0.05) is 6.54 Å². The number of hydrogen-bond donors (Lipinski definition) is 0. The first-order chi connectivity index (χ1) is 10.4. The molecule has 1 aromatic rings. The molecular formula is C16H18ClFN2O2. The van der Waals surface area contributed by atoms with Crippen LogP contribution in [-0.2, 0) is 4.79 Å². The lowest BCUT2D eigenvalue weighted by atomic mass is 10.0. The number of ketones is 1. The molecule has 6 heteroatoms.